The zero-order chi connectivity index (χ0) is 41.7. The third-order valence-electron chi connectivity index (χ3n) is 12.1. The molecule has 0 aliphatic heterocycles. The average Bonchev–Trinajstić information content (AvgIpc) is 3.76. The smallest absolute Gasteiger partial charge is 0.160 e. The van der Waals surface area contributed by atoms with Crippen LogP contribution in [0.15, 0.2) is 229 Å². The highest BCUT2D eigenvalue weighted by Crippen LogP contribution is 2.42. The summed E-state index contributed by atoms with van der Waals surface area (Å²) in [4.78, 5) is 15.8. The third kappa shape index (κ3) is 6.62. The number of pyridine rings is 1. The van der Waals surface area contributed by atoms with Crippen LogP contribution >= 0.6 is 0 Å². The van der Waals surface area contributed by atoms with Crippen LogP contribution in [0.25, 0.3) is 122 Å². The fourth-order valence-electron chi connectivity index (χ4n) is 8.92. The lowest BCUT2D eigenvalue weighted by atomic mass is 9.96. The van der Waals surface area contributed by atoms with E-state index in [-0.39, 0.29) is 0 Å². The first kappa shape index (κ1) is 36.4. The van der Waals surface area contributed by atoms with Gasteiger partial charge in [0, 0.05) is 27.6 Å². The molecule has 0 fully saturated rings. The Hall–Kier alpha value is -8.47. The van der Waals surface area contributed by atoms with Gasteiger partial charge in [-0.2, -0.15) is 0 Å². The number of hydrogen-bond donors (Lipinski definition) is 0. The van der Waals surface area contributed by atoms with Crippen molar-refractivity contribution < 1.29 is 4.42 Å². The molecular weight excluding hydrogens is 767 g/mol. The predicted octanol–water partition coefficient (Wildman–Crippen LogP) is 15.7. The normalized spacial score (nSPS) is 11.5. The molecule has 0 spiro atoms. The van der Waals surface area contributed by atoms with E-state index in [0.29, 0.717) is 5.82 Å². The largest absolute Gasteiger partial charge is 0.455 e. The van der Waals surface area contributed by atoms with E-state index in [1.807, 2.05) is 24.3 Å². The van der Waals surface area contributed by atoms with Crippen molar-refractivity contribution in [3.8, 4) is 78.5 Å². The molecule has 4 heteroatoms. The van der Waals surface area contributed by atoms with Crippen molar-refractivity contribution in [1.82, 2.24) is 15.0 Å². The van der Waals surface area contributed by atoms with Crippen molar-refractivity contribution in [2.45, 2.75) is 0 Å². The first-order valence-electron chi connectivity index (χ1n) is 21.2. The van der Waals surface area contributed by atoms with Gasteiger partial charge in [-0.25, -0.2) is 15.0 Å². The zero-order valence-corrected chi connectivity index (χ0v) is 34.1. The van der Waals surface area contributed by atoms with E-state index >= 15 is 0 Å². The van der Waals surface area contributed by atoms with Crippen molar-refractivity contribution >= 4 is 43.6 Å². The van der Waals surface area contributed by atoms with Crippen LogP contribution < -0.4 is 0 Å². The lowest BCUT2D eigenvalue weighted by Crippen LogP contribution is -1.96. The molecule has 294 valence electrons. The van der Waals surface area contributed by atoms with Gasteiger partial charge in [-0.1, -0.05) is 194 Å². The van der Waals surface area contributed by atoms with Crippen LogP contribution in [0.1, 0.15) is 0 Å². The third-order valence-corrected chi connectivity index (χ3v) is 12.1. The Kier molecular flexibility index (Phi) is 8.79. The molecule has 0 unspecified atom stereocenters. The lowest BCUT2D eigenvalue weighted by Gasteiger charge is -2.12. The summed E-state index contributed by atoms with van der Waals surface area (Å²) in [6, 6.07) is 78.5. The summed E-state index contributed by atoms with van der Waals surface area (Å²) in [5.74, 6) is 0.674. The Morgan fingerprint density at radius 2 is 0.810 bits per heavy atom. The summed E-state index contributed by atoms with van der Waals surface area (Å²) in [5, 5.41) is 5.41. The molecule has 3 heterocycles. The molecule has 4 nitrogen and oxygen atoms in total. The van der Waals surface area contributed by atoms with E-state index in [1.54, 1.807) is 0 Å². The molecule has 0 saturated carbocycles. The second-order valence-corrected chi connectivity index (χ2v) is 16.0. The highest BCUT2D eigenvalue weighted by molar-refractivity contribution is 6.25. The molecule has 12 aromatic rings. The maximum absolute atomic E-state index is 6.70. The van der Waals surface area contributed by atoms with Crippen LogP contribution in [0.3, 0.4) is 0 Å². The summed E-state index contributed by atoms with van der Waals surface area (Å²) in [7, 11) is 0. The molecule has 0 saturated heterocycles. The molecule has 3 aromatic heterocycles. The Bertz CT molecular complexity index is 3550. The molecule has 9 aromatic carbocycles. The fourth-order valence-corrected chi connectivity index (χ4v) is 8.92. The molecule has 63 heavy (non-hydrogen) atoms. The van der Waals surface area contributed by atoms with Crippen LogP contribution in [0.2, 0.25) is 0 Å². The Labute approximate surface area is 364 Å². The molecular formula is C59H37N3O. The van der Waals surface area contributed by atoms with Crippen LogP contribution in [-0.4, -0.2) is 15.0 Å². The van der Waals surface area contributed by atoms with Gasteiger partial charge in [0.2, 0.25) is 0 Å². The van der Waals surface area contributed by atoms with Gasteiger partial charge in [0.15, 0.2) is 5.82 Å². The highest BCUT2D eigenvalue weighted by Gasteiger charge is 2.20. The van der Waals surface area contributed by atoms with E-state index in [9.17, 15) is 0 Å². The first-order chi connectivity index (χ1) is 31.2. The standard InChI is InChI=1S/C59H37N3O/c1-3-13-38(14-4-1)40-25-29-43(30-26-40)52-37-53(62-59(61-52)44-31-27-41(28-32-44)39-15-5-2-6-16-39)47-20-11-18-45(35-47)46-19-12-21-48(36-46)57-56-50-23-9-10-24-54(50)63-58(56)55-49-22-8-7-17-42(49)33-34-51(55)60-57/h1-37H. The van der Waals surface area contributed by atoms with Gasteiger partial charge < -0.3 is 4.42 Å². The van der Waals surface area contributed by atoms with Gasteiger partial charge in [-0.15, -0.1) is 0 Å². The SMILES string of the molecule is c1ccc(-c2ccc(-c3cc(-c4cccc(-c5cccc(-c6nc7ccc8ccccc8c7c7oc8ccccc8c67)c5)c4)nc(-c4ccc(-c5ccccc5)cc4)n3)cc2)cc1. The van der Waals surface area contributed by atoms with Gasteiger partial charge in [-0.05, 0) is 74.5 Å². The second kappa shape index (κ2) is 15.2. The zero-order valence-electron chi connectivity index (χ0n) is 34.1. The van der Waals surface area contributed by atoms with Crippen molar-refractivity contribution in [2.24, 2.45) is 0 Å². The van der Waals surface area contributed by atoms with E-state index in [1.165, 1.54) is 11.1 Å². The van der Waals surface area contributed by atoms with Crippen LogP contribution in [0, 0.1) is 0 Å². The number of nitrogens with zero attached hydrogens (tertiary/aromatic N) is 3. The lowest BCUT2D eigenvalue weighted by molar-refractivity contribution is 0.673. The van der Waals surface area contributed by atoms with Crippen LogP contribution in [0.5, 0.6) is 0 Å². The van der Waals surface area contributed by atoms with E-state index < -0.39 is 0 Å². The molecule has 0 amide bonds. The first-order valence-corrected chi connectivity index (χ1v) is 21.2. The topological polar surface area (TPSA) is 51.8 Å². The quantitative estimate of drug-likeness (QED) is 0.151. The van der Waals surface area contributed by atoms with Crippen molar-refractivity contribution in [2.75, 3.05) is 0 Å². The Morgan fingerprint density at radius 1 is 0.302 bits per heavy atom. The second-order valence-electron chi connectivity index (χ2n) is 16.0. The van der Waals surface area contributed by atoms with Gasteiger partial charge in [0.25, 0.3) is 0 Å². The summed E-state index contributed by atoms with van der Waals surface area (Å²) in [6.45, 7) is 0. The molecule has 0 aliphatic carbocycles. The Morgan fingerprint density at radius 3 is 1.51 bits per heavy atom. The number of para-hydroxylation sites is 1. The predicted molar refractivity (Wildman–Crippen MR) is 260 cm³/mol. The number of furan rings is 1. The molecule has 12 rings (SSSR count). The monoisotopic (exact) mass is 803 g/mol. The summed E-state index contributed by atoms with van der Waals surface area (Å²) in [6.07, 6.45) is 0. The molecule has 0 radical (unpaired) electrons. The number of fused-ring (bicyclic) bond motifs is 7. The fraction of sp³-hybridized carbons (Fsp3) is 0. The molecule has 0 bridgehead atoms. The van der Waals surface area contributed by atoms with Crippen molar-refractivity contribution in [3.05, 3.63) is 224 Å². The Balaban J connectivity index is 0.968. The summed E-state index contributed by atoms with van der Waals surface area (Å²) in [5.41, 5.74) is 16.1. The van der Waals surface area contributed by atoms with Gasteiger partial charge in [0.05, 0.1) is 33.4 Å². The minimum absolute atomic E-state index is 0.674. The number of rotatable bonds is 7. The maximum Gasteiger partial charge on any atom is 0.160 e. The van der Waals surface area contributed by atoms with Crippen molar-refractivity contribution in [3.63, 3.8) is 0 Å². The minimum Gasteiger partial charge on any atom is -0.455 e. The number of aromatic nitrogens is 3. The van der Waals surface area contributed by atoms with Crippen LogP contribution in [-0.2, 0) is 0 Å². The summed E-state index contributed by atoms with van der Waals surface area (Å²) >= 11 is 0. The van der Waals surface area contributed by atoms with Gasteiger partial charge in [0.1, 0.15) is 11.2 Å². The van der Waals surface area contributed by atoms with E-state index in [4.69, 9.17) is 19.4 Å². The molecule has 0 aliphatic rings. The summed E-state index contributed by atoms with van der Waals surface area (Å²) < 4.78 is 6.70. The van der Waals surface area contributed by atoms with Crippen LogP contribution in [0.4, 0.5) is 0 Å². The van der Waals surface area contributed by atoms with Gasteiger partial charge in [-0.3, -0.25) is 0 Å². The maximum atomic E-state index is 6.70. The van der Waals surface area contributed by atoms with E-state index in [2.05, 4.69) is 200 Å². The molecule has 0 atom stereocenters. The number of hydrogen-bond acceptors (Lipinski definition) is 4. The average molecular weight is 804 g/mol. The minimum atomic E-state index is 0.674. The van der Waals surface area contributed by atoms with E-state index in [0.717, 1.165) is 105 Å². The number of benzene rings is 9. The highest BCUT2D eigenvalue weighted by atomic mass is 16.3. The molecule has 0 N–H and O–H groups in total. The van der Waals surface area contributed by atoms with Crippen molar-refractivity contribution in [1.29, 1.82) is 0 Å². The van der Waals surface area contributed by atoms with Gasteiger partial charge >= 0.3 is 0 Å².